The summed E-state index contributed by atoms with van der Waals surface area (Å²) in [6.07, 6.45) is 1.01. The van der Waals surface area contributed by atoms with Crippen molar-refractivity contribution >= 4 is 23.1 Å². The zero-order valence-corrected chi connectivity index (χ0v) is 9.10. The highest BCUT2D eigenvalue weighted by Gasteiger charge is 2.41. The second-order valence-electron chi connectivity index (χ2n) is 3.85. The van der Waals surface area contributed by atoms with Gasteiger partial charge in [0.05, 0.1) is 11.0 Å². The molecular formula is C9H16N2OS. The van der Waals surface area contributed by atoms with Crippen LogP contribution in [0.5, 0.6) is 0 Å². The largest absolute Gasteiger partial charge is 0.392 e. The van der Waals surface area contributed by atoms with Gasteiger partial charge in [-0.25, -0.2) is 0 Å². The Balaban J connectivity index is 2.52. The smallest absolute Gasteiger partial charge is 0.226 e. The van der Waals surface area contributed by atoms with Gasteiger partial charge >= 0.3 is 0 Å². The zero-order valence-electron chi connectivity index (χ0n) is 8.28. The minimum Gasteiger partial charge on any atom is -0.392 e. The average Bonchev–Trinajstić information content (AvgIpc) is 2.78. The molecule has 3 atom stereocenters. The second-order valence-corrected chi connectivity index (χ2v) is 4.32. The molecule has 0 bridgehead atoms. The van der Waals surface area contributed by atoms with Crippen LogP contribution in [0.2, 0.25) is 0 Å². The molecule has 0 aromatic carbocycles. The minimum atomic E-state index is -0.129. The fourth-order valence-electron chi connectivity index (χ4n) is 1.31. The second kappa shape index (κ2) is 3.62. The van der Waals surface area contributed by atoms with E-state index in [1.54, 1.807) is 11.9 Å². The summed E-state index contributed by atoms with van der Waals surface area (Å²) in [4.78, 5) is 13.7. The van der Waals surface area contributed by atoms with E-state index in [-0.39, 0.29) is 17.9 Å². The van der Waals surface area contributed by atoms with Crippen molar-refractivity contribution in [3.05, 3.63) is 0 Å². The highest BCUT2D eigenvalue weighted by Crippen LogP contribution is 2.39. The minimum absolute atomic E-state index is 0.129. The van der Waals surface area contributed by atoms with Gasteiger partial charge in [0.25, 0.3) is 0 Å². The third kappa shape index (κ3) is 2.18. The third-order valence-corrected chi connectivity index (χ3v) is 3.11. The molecule has 0 spiro atoms. The molecule has 0 aliphatic heterocycles. The highest BCUT2D eigenvalue weighted by atomic mass is 32.1. The number of carbonyl (C=O) groups is 1. The fraction of sp³-hybridized carbons (Fsp3) is 0.778. The lowest BCUT2D eigenvalue weighted by molar-refractivity contribution is -0.132. The van der Waals surface area contributed by atoms with Gasteiger partial charge in [0.2, 0.25) is 5.91 Å². The maximum atomic E-state index is 11.7. The van der Waals surface area contributed by atoms with Gasteiger partial charge in [-0.1, -0.05) is 19.1 Å². The summed E-state index contributed by atoms with van der Waals surface area (Å²) in [5.41, 5.74) is 5.47. The lowest BCUT2D eigenvalue weighted by atomic mass is 10.2. The monoisotopic (exact) mass is 200 g/mol. The molecule has 74 valence electrons. The molecule has 1 fully saturated rings. The molecule has 13 heavy (non-hydrogen) atoms. The fourth-order valence-corrected chi connectivity index (χ4v) is 1.47. The summed E-state index contributed by atoms with van der Waals surface area (Å²) >= 11 is 4.83. The van der Waals surface area contributed by atoms with E-state index in [0.717, 1.165) is 6.42 Å². The Morgan fingerprint density at radius 2 is 2.15 bits per heavy atom. The molecule has 1 rings (SSSR count). The summed E-state index contributed by atoms with van der Waals surface area (Å²) < 4.78 is 0. The first-order chi connectivity index (χ1) is 5.95. The SMILES string of the molecule is CC1CC1C(=O)N(C)C(C)C(N)=S. The molecule has 1 aliphatic rings. The summed E-state index contributed by atoms with van der Waals surface area (Å²) in [6.45, 7) is 3.94. The van der Waals surface area contributed by atoms with Gasteiger partial charge in [-0.15, -0.1) is 0 Å². The van der Waals surface area contributed by atoms with Crippen LogP contribution in [0.3, 0.4) is 0 Å². The highest BCUT2D eigenvalue weighted by molar-refractivity contribution is 7.80. The lowest BCUT2D eigenvalue weighted by Gasteiger charge is -2.23. The van der Waals surface area contributed by atoms with Crippen LogP contribution in [0.25, 0.3) is 0 Å². The Morgan fingerprint density at radius 1 is 1.69 bits per heavy atom. The molecule has 0 radical (unpaired) electrons. The van der Waals surface area contributed by atoms with Crippen LogP contribution in [0, 0.1) is 11.8 Å². The molecule has 3 nitrogen and oxygen atoms in total. The molecule has 1 amide bonds. The molecule has 2 N–H and O–H groups in total. The zero-order chi connectivity index (χ0) is 10.2. The van der Waals surface area contributed by atoms with E-state index in [1.165, 1.54) is 0 Å². The molecule has 1 aliphatic carbocycles. The van der Waals surface area contributed by atoms with Gasteiger partial charge in [-0.2, -0.15) is 0 Å². The number of nitrogens with two attached hydrogens (primary N) is 1. The van der Waals surface area contributed by atoms with Crippen LogP contribution in [0.1, 0.15) is 20.3 Å². The molecule has 0 aromatic rings. The predicted molar refractivity (Wildman–Crippen MR) is 56.3 cm³/mol. The Kier molecular flexibility index (Phi) is 2.91. The van der Waals surface area contributed by atoms with Crippen LogP contribution >= 0.6 is 12.2 Å². The van der Waals surface area contributed by atoms with Gasteiger partial charge in [-0.05, 0) is 19.3 Å². The normalized spacial score (nSPS) is 27.9. The molecular weight excluding hydrogens is 184 g/mol. The summed E-state index contributed by atoms with van der Waals surface area (Å²) in [6, 6.07) is -0.129. The number of likely N-dealkylation sites (N-methyl/N-ethyl adjacent to an activating group) is 1. The topological polar surface area (TPSA) is 46.3 Å². The van der Waals surface area contributed by atoms with E-state index in [4.69, 9.17) is 18.0 Å². The van der Waals surface area contributed by atoms with Crippen LogP contribution in [-0.2, 0) is 4.79 Å². The molecule has 0 heterocycles. The quantitative estimate of drug-likeness (QED) is 0.685. The molecule has 1 saturated carbocycles. The van der Waals surface area contributed by atoms with Crippen molar-refractivity contribution in [3.8, 4) is 0 Å². The van der Waals surface area contributed by atoms with Crippen molar-refractivity contribution in [3.63, 3.8) is 0 Å². The number of thiocarbonyl (C=S) groups is 1. The number of hydrogen-bond donors (Lipinski definition) is 1. The summed E-state index contributed by atoms with van der Waals surface area (Å²) in [5.74, 6) is 0.920. The van der Waals surface area contributed by atoms with Crippen molar-refractivity contribution in [1.29, 1.82) is 0 Å². The first-order valence-corrected chi connectivity index (χ1v) is 4.92. The van der Waals surface area contributed by atoms with Crippen LogP contribution in [0.15, 0.2) is 0 Å². The first kappa shape index (κ1) is 10.4. The molecule has 0 saturated heterocycles. The average molecular weight is 200 g/mol. The van der Waals surface area contributed by atoms with Crippen LogP contribution < -0.4 is 5.73 Å². The van der Waals surface area contributed by atoms with E-state index in [9.17, 15) is 4.79 Å². The Bertz CT molecular complexity index is 242. The third-order valence-electron chi connectivity index (χ3n) is 2.77. The summed E-state index contributed by atoms with van der Waals surface area (Å²) in [7, 11) is 1.76. The van der Waals surface area contributed by atoms with Crippen molar-refractivity contribution in [1.82, 2.24) is 4.90 Å². The van der Waals surface area contributed by atoms with Crippen LogP contribution in [-0.4, -0.2) is 28.9 Å². The van der Waals surface area contributed by atoms with Gasteiger partial charge in [0.1, 0.15) is 0 Å². The Morgan fingerprint density at radius 3 is 2.46 bits per heavy atom. The van der Waals surface area contributed by atoms with E-state index in [2.05, 4.69) is 6.92 Å². The Labute approximate surface area is 84.3 Å². The van der Waals surface area contributed by atoms with Crippen molar-refractivity contribution in [2.45, 2.75) is 26.3 Å². The Hall–Kier alpha value is -0.640. The van der Waals surface area contributed by atoms with Crippen molar-refractivity contribution in [2.75, 3.05) is 7.05 Å². The number of rotatable bonds is 3. The van der Waals surface area contributed by atoms with Gasteiger partial charge in [0.15, 0.2) is 0 Å². The number of nitrogens with zero attached hydrogens (tertiary/aromatic N) is 1. The first-order valence-electron chi connectivity index (χ1n) is 4.51. The maximum absolute atomic E-state index is 11.7. The molecule has 0 aromatic heterocycles. The van der Waals surface area contributed by atoms with Gasteiger partial charge in [-0.3, -0.25) is 4.79 Å². The van der Waals surface area contributed by atoms with E-state index in [1.807, 2.05) is 6.92 Å². The maximum Gasteiger partial charge on any atom is 0.226 e. The predicted octanol–water partition coefficient (Wildman–Crippen LogP) is 0.775. The van der Waals surface area contributed by atoms with Gasteiger partial charge < -0.3 is 10.6 Å². The lowest BCUT2D eigenvalue weighted by Crippen LogP contribution is -2.43. The number of amides is 1. The van der Waals surface area contributed by atoms with Crippen molar-refractivity contribution in [2.24, 2.45) is 17.6 Å². The number of hydrogen-bond acceptors (Lipinski definition) is 2. The van der Waals surface area contributed by atoms with E-state index >= 15 is 0 Å². The molecule has 3 unspecified atom stereocenters. The molecule has 4 heteroatoms. The number of carbonyl (C=O) groups excluding carboxylic acids is 1. The van der Waals surface area contributed by atoms with Gasteiger partial charge in [0, 0.05) is 13.0 Å². The van der Waals surface area contributed by atoms with Crippen LogP contribution in [0.4, 0.5) is 0 Å². The van der Waals surface area contributed by atoms with E-state index in [0.29, 0.717) is 10.9 Å². The van der Waals surface area contributed by atoms with Crippen molar-refractivity contribution < 1.29 is 4.79 Å². The van der Waals surface area contributed by atoms with E-state index < -0.39 is 0 Å². The summed E-state index contributed by atoms with van der Waals surface area (Å²) in [5, 5.41) is 0. The standard InChI is InChI=1S/C9H16N2OS/c1-5-4-7(5)9(12)11(3)6(2)8(10)13/h5-7H,4H2,1-3H3,(H2,10,13).